The second-order valence-electron chi connectivity index (χ2n) is 3.06. The van der Waals surface area contributed by atoms with Gasteiger partial charge in [0, 0.05) is 7.11 Å². The summed E-state index contributed by atoms with van der Waals surface area (Å²) in [5.74, 6) is -0.238. The van der Waals surface area contributed by atoms with Crippen LogP contribution in [0.3, 0.4) is 0 Å². The molecule has 5 heteroatoms. The first-order valence-corrected chi connectivity index (χ1v) is 13.5. The molecule has 0 saturated heterocycles. The SMILES string of the molecule is COC(=O)C1(OC)CC[CH-]CC1.[Zn+][I]. The summed E-state index contributed by atoms with van der Waals surface area (Å²) >= 11 is 3.62. The Morgan fingerprint density at radius 2 is 1.86 bits per heavy atom. The zero-order chi connectivity index (χ0) is 11.0. The number of methoxy groups -OCH3 is 2. The fraction of sp³-hybridized carbons (Fsp3) is 0.778. The molecular formula is C9H15IO3Zn. The van der Waals surface area contributed by atoms with Crippen LogP contribution in [-0.4, -0.2) is 25.8 Å². The summed E-state index contributed by atoms with van der Waals surface area (Å²) in [6.07, 6.45) is 5.54. The van der Waals surface area contributed by atoms with Crippen molar-refractivity contribution in [2.75, 3.05) is 14.2 Å². The second-order valence-corrected chi connectivity index (χ2v) is 3.06. The molecule has 0 aromatic carbocycles. The molecule has 0 spiro atoms. The van der Waals surface area contributed by atoms with Crippen molar-refractivity contribution in [3.8, 4) is 0 Å². The fourth-order valence-corrected chi connectivity index (χ4v) is 1.62. The van der Waals surface area contributed by atoms with Crippen molar-refractivity contribution >= 4 is 25.7 Å². The third-order valence-electron chi connectivity index (χ3n) is 2.45. The molecule has 0 atom stereocenters. The van der Waals surface area contributed by atoms with Crippen LogP contribution in [0.4, 0.5) is 0 Å². The van der Waals surface area contributed by atoms with Crippen LogP contribution in [0.15, 0.2) is 0 Å². The van der Waals surface area contributed by atoms with Gasteiger partial charge in [0.1, 0.15) is 0 Å². The first-order chi connectivity index (χ1) is 6.75. The zero-order valence-corrected chi connectivity index (χ0v) is 13.8. The first kappa shape index (κ1) is 14.8. The molecule has 1 fully saturated rings. The van der Waals surface area contributed by atoms with E-state index in [2.05, 4.69) is 26.2 Å². The molecule has 0 amide bonds. The molecule has 0 aromatic heterocycles. The molecule has 0 aromatic rings. The maximum atomic E-state index is 11.4. The van der Waals surface area contributed by atoms with Crippen molar-refractivity contribution in [2.24, 2.45) is 0 Å². The van der Waals surface area contributed by atoms with Crippen LogP contribution in [0.2, 0.25) is 0 Å². The van der Waals surface area contributed by atoms with E-state index < -0.39 is 5.60 Å². The Balaban J connectivity index is 0.000000791. The van der Waals surface area contributed by atoms with Gasteiger partial charge in [-0.3, -0.25) is 0 Å². The van der Waals surface area contributed by atoms with Gasteiger partial charge in [-0.15, -0.1) is 0 Å². The van der Waals surface area contributed by atoms with Crippen molar-refractivity contribution in [2.45, 2.75) is 31.3 Å². The van der Waals surface area contributed by atoms with Gasteiger partial charge in [0.15, 0.2) is 5.60 Å². The van der Waals surface area contributed by atoms with E-state index in [-0.39, 0.29) is 5.97 Å². The van der Waals surface area contributed by atoms with E-state index in [1.54, 1.807) is 7.11 Å². The van der Waals surface area contributed by atoms with Gasteiger partial charge in [0.2, 0.25) is 0 Å². The molecule has 1 saturated carbocycles. The molecular weight excluding hydrogens is 348 g/mol. The third-order valence-corrected chi connectivity index (χ3v) is 2.45. The van der Waals surface area contributed by atoms with Gasteiger partial charge < -0.3 is 15.9 Å². The van der Waals surface area contributed by atoms with Crippen molar-refractivity contribution < 1.29 is 29.1 Å². The van der Waals surface area contributed by atoms with Crippen LogP contribution in [0.5, 0.6) is 0 Å². The number of carbonyl (C=O) groups is 1. The summed E-state index contributed by atoms with van der Waals surface area (Å²) in [5.41, 5.74) is -0.663. The summed E-state index contributed by atoms with van der Waals surface area (Å²) in [5, 5.41) is 0. The van der Waals surface area contributed by atoms with Crippen LogP contribution in [0.1, 0.15) is 25.7 Å². The first-order valence-electron chi connectivity index (χ1n) is 4.47. The second kappa shape index (κ2) is 8.00. The van der Waals surface area contributed by atoms with Crippen LogP contribution in [0.25, 0.3) is 0 Å². The van der Waals surface area contributed by atoms with Gasteiger partial charge in [0.05, 0.1) is 7.11 Å². The average molecular weight is 364 g/mol. The van der Waals surface area contributed by atoms with Crippen LogP contribution >= 0.6 is 19.8 Å². The molecule has 0 N–H and O–H groups in total. The summed E-state index contributed by atoms with van der Waals surface area (Å²) < 4.78 is 9.94. The van der Waals surface area contributed by atoms with Crippen LogP contribution < -0.4 is 0 Å². The molecule has 3 nitrogen and oxygen atoms in total. The number of hydrogen-bond acceptors (Lipinski definition) is 3. The van der Waals surface area contributed by atoms with Crippen molar-refractivity contribution in [1.82, 2.24) is 0 Å². The van der Waals surface area contributed by atoms with Crippen molar-refractivity contribution in [3.05, 3.63) is 6.42 Å². The van der Waals surface area contributed by atoms with E-state index >= 15 is 0 Å². The molecule has 0 aliphatic heterocycles. The Morgan fingerprint density at radius 1 is 1.36 bits per heavy atom. The fourth-order valence-electron chi connectivity index (χ4n) is 1.62. The van der Waals surface area contributed by atoms with E-state index in [9.17, 15) is 4.79 Å². The maximum absolute atomic E-state index is 11.4. The van der Waals surface area contributed by atoms with Gasteiger partial charge >= 0.3 is 40.5 Å². The topological polar surface area (TPSA) is 35.5 Å². The van der Waals surface area contributed by atoms with E-state index in [4.69, 9.17) is 9.47 Å². The van der Waals surface area contributed by atoms with Gasteiger partial charge in [0.25, 0.3) is 0 Å². The number of rotatable bonds is 2. The molecule has 14 heavy (non-hydrogen) atoms. The molecule has 0 radical (unpaired) electrons. The summed E-state index contributed by atoms with van der Waals surface area (Å²) in [4.78, 5) is 11.4. The van der Waals surface area contributed by atoms with Gasteiger partial charge in [-0.25, -0.2) is 4.79 Å². The molecule has 1 aliphatic carbocycles. The molecule has 0 bridgehead atoms. The normalized spacial score (nSPS) is 19.2. The van der Waals surface area contributed by atoms with E-state index in [0.717, 1.165) is 25.7 Å². The summed E-state index contributed by atoms with van der Waals surface area (Å²) in [7, 11) is 2.98. The van der Waals surface area contributed by atoms with E-state index in [1.165, 1.54) is 21.9 Å². The summed E-state index contributed by atoms with van der Waals surface area (Å²) in [6, 6.07) is 0. The average Bonchev–Trinajstić information content (AvgIpc) is 2.31. The molecule has 1 aliphatic rings. The Kier molecular flexibility index (Phi) is 8.44. The Morgan fingerprint density at radius 3 is 2.21 bits per heavy atom. The van der Waals surface area contributed by atoms with E-state index in [1.807, 2.05) is 0 Å². The molecule has 78 valence electrons. The number of carbonyl (C=O) groups excluding carboxylic acids is 1. The Labute approximate surface area is 106 Å². The van der Waals surface area contributed by atoms with Gasteiger partial charge in [-0.05, 0) is 12.8 Å². The Hall–Kier alpha value is 0.783. The van der Waals surface area contributed by atoms with Crippen LogP contribution in [0, 0.1) is 6.42 Å². The quantitative estimate of drug-likeness (QED) is 0.327. The van der Waals surface area contributed by atoms with Gasteiger partial charge in [-0.2, -0.15) is 12.8 Å². The minimum atomic E-state index is -0.663. The number of esters is 1. The number of ether oxygens (including phenoxy) is 2. The Bertz CT molecular complexity index is 169. The molecule has 0 heterocycles. The van der Waals surface area contributed by atoms with E-state index in [0.29, 0.717) is 0 Å². The molecule has 1 rings (SSSR count). The standard InChI is InChI=1S/C9H15O3.HI.Zn/c1-11-8(10)9(12-2)6-4-3-5-7-9;;/h3H,4-7H2,1-2H3;1H;/q-1;;+2/p-1. The number of halogens is 1. The monoisotopic (exact) mass is 362 g/mol. The van der Waals surface area contributed by atoms with Crippen molar-refractivity contribution in [1.29, 1.82) is 0 Å². The van der Waals surface area contributed by atoms with Crippen molar-refractivity contribution in [3.63, 3.8) is 0 Å². The predicted molar refractivity (Wildman–Crippen MR) is 58.5 cm³/mol. The summed E-state index contributed by atoms with van der Waals surface area (Å²) in [6.45, 7) is 0. The van der Waals surface area contributed by atoms with Crippen LogP contribution in [-0.2, 0) is 29.1 Å². The molecule has 0 unspecified atom stereocenters. The van der Waals surface area contributed by atoms with Gasteiger partial charge in [-0.1, -0.05) is 0 Å². The third kappa shape index (κ3) is 3.74. The zero-order valence-electron chi connectivity index (χ0n) is 8.72. The predicted octanol–water partition coefficient (Wildman–Crippen LogP) is 2.21. The number of hydrogen-bond donors (Lipinski definition) is 0. The minimum absolute atomic E-state index is 0.238.